The van der Waals surface area contributed by atoms with Gasteiger partial charge in [0.1, 0.15) is 5.60 Å². The van der Waals surface area contributed by atoms with E-state index >= 15 is 0 Å². The summed E-state index contributed by atoms with van der Waals surface area (Å²) in [4.78, 5) is 23.0. The Morgan fingerprint density at radius 3 is 2.09 bits per heavy atom. The maximum absolute atomic E-state index is 12.6. The van der Waals surface area contributed by atoms with E-state index in [0.717, 1.165) is 0 Å². The predicted octanol–water partition coefficient (Wildman–Crippen LogP) is 1.97. The fourth-order valence-corrected chi connectivity index (χ4v) is 1.66. The SMILES string of the molecule is CC(C)[C@H](NC(=O)CCNC(=O)OC(C)(C)C)[C@H](O)C(F)(F)F. The quantitative estimate of drug-likeness (QED) is 0.689. The lowest BCUT2D eigenvalue weighted by atomic mass is 9.98. The van der Waals surface area contributed by atoms with E-state index in [1.807, 2.05) is 0 Å². The molecule has 0 aromatic rings. The van der Waals surface area contributed by atoms with Crippen LogP contribution in [0.1, 0.15) is 41.0 Å². The molecule has 0 aliphatic heterocycles. The lowest BCUT2D eigenvalue weighted by molar-refractivity contribution is -0.215. The van der Waals surface area contributed by atoms with Gasteiger partial charge in [0, 0.05) is 13.0 Å². The van der Waals surface area contributed by atoms with Crippen LogP contribution in [0.3, 0.4) is 0 Å². The van der Waals surface area contributed by atoms with Crippen molar-refractivity contribution in [3.8, 4) is 0 Å². The van der Waals surface area contributed by atoms with E-state index in [2.05, 4.69) is 10.6 Å². The van der Waals surface area contributed by atoms with E-state index in [9.17, 15) is 27.9 Å². The summed E-state index contributed by atoms with van der Waals surface area (Å²) in [6, 6.07) is -1.45. The molecule has 0 rings (SSSR count). The summed E-state index contributed by atoms with van der Waals surface area (Å²) >= 11 is 0. The van der Waals surface area contributed by atoms with Gasteiger partial charge >= 0.3 is 12.3 Å². The number of hydrogen-bond donors (Lipinski definition) is 3. The lowest BCUT2D eigenvalue weighted by Crippen LogP contribution is -2.53. The molecular weight excluding hydrogens is 317 g/mol. The number of carbonyl (C=O) groups is 2. The summed E-state index contributed by atoms with van der Waals surface area (Å²) in [6.45, 7) is 7.84. The van der Waals surface area contributed by atoms with Crippen LogP contribution in [0.2, 0.25) is 0 Å². The number of nitrogens with one attached hydrogen (secondary N) is 2. The number of carbonyl (C=O) groups excluding carboxylic acids is 2. The molecule has 0 aliphatic carbocycles. The molecule has 0 unspecified atom stereocenters. The number of alkyl carbamates (subject to hydrolysis) is 1. The molecule has 0 spiro atoms. The molecule has 0 fully saturated rings. The summed E-state index contributed by atoms with van der Waals surface area (Å²) in [6.07, 6.45) is -8.42. The molecule has 23 heavy (non-hydrogen) atoms. The van der Waals surface area contributed by atoms with Crippen LogP contribution < -0.4 is 10.6 Å². The van der Waals surface area contributed by atoms with Gasteiger partial charge in [0.15, 0.2) is 6.10 Å². The first-order valence-corrected chi connectivity index (χ1v) is 7.25. The van der Waals surface area contributed by atoms with Crippen LogP contribution in [0.15, 0.2) is 0 Å². The normalized spacial score (nSPS) is 15.0. The number of alkyl halides is 3. The third kappa shape index (κ3) is 9.27. The molecule has 6 nitrogen and oxygen atoms in total. The molecule has 0 bridgehead atoms. The number of halogens is 3. The lowest BCUT2D eigenvalue weighted by Gasteiger charge is -2.28. The summed E-state index contributed by atoms with van der Waals surface area (Å²) in [7, 11) is 0. The molecule has 0 saturated carbocycles. The van der Waals surface area contributed by atoms with E-state index in [4.69, 9.17) is 4.74 Å². The Labute approximate surface area is 133 Å². The van der Waals surface area contributed by atoms with Crippen LogP contribution in [0.4, 0.5) is 18.0 Å². The van der Waals surface area contributed by atoms with Crippen molar-refractivity contribution in [3.63, 3.8) is 0 Å². The minimum absolute atomic E-state index is 0.0896. The van der Waals surface area contributed by atoms with Crippen LogP contribution >= 0.6 is 0 Å². The van der Waals surface area contributed by atoms with E-state index in [-0.39, 0.29) is 13.0 Å². The van der Waals surface area contributed by atoms with Gasteiger partial charge < -0.3 is 20.5 Å². The fourth-order valence-electron chi connectivity index (χ4n) is 1.66. The molecule has 9 heteroatoms. The summed E-state index contributed by atoms with van der Waals surface area (Å²) < 4.78 is 42.6. The van der Waals surface area contributed by atoms with Gasteiger partial charge in [-0.15, -0.1) is 0 Å². The molecule has 0 aromatic carbocycles. The monoisotopic (exact) mass is 342 g/mol. The Morgan fingerprint density at radius 2 is 1.70 bits per heavy atom. The zero-order valence-electron chi connectivity index (χ0n) is 14.0. The number of aliphatic hydroxyl groups is 1. The molecule has 0 radical (unpaired) electrons. The van der Waals surface area contributed by atoms with Gasteiger partial charge in [0.05, 0.1) is 6.04 Å². The highest BCUT2D eigenvalue weighted by Crippen LogP contribution is 2.25. The molecule has 0 aromatic heterocycles. The zero-order valence-corrected chi connectivity index (χ0v) is 14.0. The van der Waals surface area contributed by atoms with Crippen molar-refractivity contribution in [1.82, 2.24) is 10.6 Å². The molecule has 0 heterocycles. The number of ether oxygens (including phenoxy) is 1. The Balaban J connectivity index is 4.38. The molecule has 2 atom stereocenters. The highest BCUT2D eigenvalue weighted by Gasteiger charge is 2.45. The molecule has 2 amide bonds. The van der Waals surface area contributed by atoms with Gasteiger partial charge in [0.2, 0.25) is 5.91 Å². The van der Waals surface area contributed by atoms with E-state index in [1.165, 1.54) is 13.8 Å². The highest BCUT2D eigenvalue weighted by atomic mass is 19.4. The Bertz CT molecular complexity index is 406. The van der Waals surface area contributed by atoms with Crippen LogP contribution in [-0.2, 0) is 9.53 Å². The summed E-state index contributed by atoms with van der Waals surface area (Å²) in [5.74, 6) is -1.32. The van der Waals surface area contributed by atoms with Gasteiger partial charge in [0.25, 0.3) is 0 Å². The van der Waals surface area contributed by atoms with Crippen LogP contribution in [0.25, 0.3) is 0 Å². The predicted molar refractivity (Wildman–Crippen MR) is 77.7 cm³/mol. The zero-order chi connectivity index (χ0) is 18.4. The van der Waals surface area contributed by atoms with Crippen LogP contribution in [0.5, 0.6) is 0 Å². The second kappa shape index (κ2) is 8.37. The smallest absolute Gasteiger partial charge is 0.416 e. The molecule has 136 valence electrons. The van der Waals surface area contributed by atoms with Gasteiger partial charge in [-0.1, -0.05) is 13.8 Å². The van der Waals surface area contributed by atoms with E-state index < -0.39 is 41.8 Å². The average Bonchev–Trinajstić information content (AvgIpc) is 2.31. The topological polar surface area (TPSA) is 87.7 Å². The van der Waals surface area contributed by atoms with Gasteiger partial charge in [-0.05, 0) is 26.7 Å². The maximum Gasteiger partial charge on any atom is 0.416 e. The molecular formula is C14H25F3N2O4. The molecule has 0 aliphatic rings. The number of aliphatic hydroxyl groups excluding tert-OH is 1. The first-order chi connectivity index (χ1) is 10.2. The number of rotatable bonds is 6. The van der Waals surface area contributed by atoms with Crippen molar-refractivity contribution < 1.29 is 32.6 Å². The second-order valence-corrected chi connectivity index (χ2v) is 6.50. The fraction of sp³-hybridized carbons (Fsp3) is 0.857. The van der Waals surface area contributed by atoms with Gasteiger partial charge in [-0.2, -0.15) is 13.2 Å². The second-order valence-electron chi connectivity index (χ2n) is 6.50. The van der Waals surface area contributed by atoms with Crippen LogP contribution in [-0.4, -0.2) is 47.6 Å². The minimum atomic E-state index is -4.82. The van der Waals surface area contributed by atoms with E-state index in [0.29, 0.717) is 0 Å². The summed E-state index contributed by atoms with van der Waals surface area (Å²) in [5, 5.41) is 13.7. The first kappa shape index (κ1) is 21.5. The minimum Gasteiger partial charge on any atom is -0.444 e. The van der Waals surface area contributed by atoms with E-state index in [1.54, 1.807) is 20.8 Å². The van der Waals surface area contributed by atoms with Crippen molar-refractivity contribution in [2.75, 3.05) is 6.54 Å². The highest BCUT2D eigenvalue weighted by molar-refractivity contribution is 5.77. The largest absolute Gasteiger partial charge is 0.444 e. The maximum atomic E-state index is 12.6. The van der Waals surface area contributed by atoms with Crippen molar-refractivity contribution in [2.24, 2.45) is 5.92 Å². The standard InChI is InChI=1S/C14H25F3N2O4/c1-8(2)10(11(21)14(15,16)17)19-9(20)6-7-18-12(22)23-13(3,4)5/h8,10-11,21H,6-7H2,1-5H3,(H,18,22)(H,19,20)/t10-,11-/m0/s1. The summed E-state index contributed by atoms with van der Waals surface area (Å²) in [5.41, 5.74) is -0.689. The molecule has 3 N–H and O–H groups in total. The Hall–Kier alpha value is -1.51. The van der Waals surface area contributed by atoms with Crippen molar-refractivity contribution in [2.45, 2.75) is 65.0 Å². The Morgan fingerprint density at radius 1 is 1.17 bits per heavy atom. The third-order valence-corrected chi connectivity index (χ3v) is 2.74. The van der Waals surface area contributed by atoms with Crippen molar-refractivity contribution >= 4 is 12.0 Å². The van der Waals surface area contributed by atoms with Crippen molar-refractivity contribution in [1.29, 1.82) is 0 Å². The van der Waals surface area contributed by atoms with Gasteiger partial charge in [-0.3, -0.25) is 4.79 Å². The van der Waals surface area contributed by atoms with Crippen LogP contribution in [0, 0.1) is 5.92 Å². The first-order valence-electron chi connectivity index (χ1n) is 7.25. The number of amides is 2. The number of hydrogen-bond acceptors (Lipinski definition) is 4. The van der Waals surface area contributed by atoms with Gasteiger partial charge in [-0.25, -0.2) is 4.79 Å². The Kier molecular flexibility index (Phi) is 7.82. The molecule has 0 saturated heterocycles. The average molecular weight is 342 g/mol. The third-order valence-electron chi connectivity index (χ3n) is 2.74. The van der Waals surface area contributed by atoms with Crippen molar-refractivity contribution in [3.05, 3.63) is 0 Å².